The minimum absolute atomic E-state index is 0.0321. The Balaban J connectivity index is 2.08. The maximum absolute atomic E-state index is 12.3. The molecule has 8 heteroatoms. The Bertz CT molecular complexity index is 996. The zero-order valence-electron chi connectivity index (χ0n) is 16.6. The molecule has 1 aromatic heterocycles. The van der Waals surface area contributed by atoms with Gasteiger partial charge < -0.3 is 14.8 Å². The third kappa shape index (κ3) is 4.55. The van der Waals surface area contributed by atoms with Gasteiger partial charge in [-0.05, 0) is 36.5 Å². The van der Waals surface area contributed by atoms with Crippen LogP contribution < -0.4 is 0 Å². The number of benzene rings is 1. The lowest BCUT2D eigenvalue weighted by Crippen LogP contribution is -2.31. The molecular formula is C20H28N2O5S. The highest BCUT2D eigenvalue weighted by molar-refractivity contribution is 7.92. The minimum atomic E-state index is -3.92. The first-order chi connectivity index (χ1) is 12.9. The minimum Gasteiger partial charge on any atom is -0.480 e. The predicted octanol–water partition coefficient (Wildman–Crippen LogP) is 2.79. The molecule has 0 saturated heterocycles. The second kappa shape index (κ2) is 7.15. The van der Waals surface area contributed by atoms with Crippen LogP contribution in [0.3, 0.4) is 0 Å². The summed E-state index contributed by atoms with van der Waals surface area (Å²) < 4.78 is 26.6. The van der Waals surface area contributed by atoms with Crippen LogP contribution in [-0.4, -0.2) is 45.5 Å². The van der Waals surface area contributed by atoms with Gasteiger partial charge in [0.1, 0.15) is 5.82 Å². The lowest BCUT2D eigenvalue weighted by molar-refractivity contribution is -0.134. The maximum Gasteiger partial charge on any atom is 0.319 e. The van der Waals surface area contributed by atoms with E-state index in [-0.39, 0.29) is 10.3 Å². The van der Waals surface area contributed by atoms with Crippen LogP contribution in [0.4, 0.5) is 0 Å². The second-order valence-corrected chi connectivity index (χ2v) is 11.1. The summed E-state index contributed by atoms with van der Waals surface area (Å²) in [5.74, 6) is -1.54. The number of carbonyl (C=O) groups is 1. The summed E-state index contributed by atoms with van der Waals surface area (Å²) in [5.41, 5.74) is 0.463. The van der Waals surface area contributed by atoms with Gasteiger partial charge in [-0.15, -0.1) is 0 Å². The fourth-order valence-corrected chi connectivity index (χ4v) is 4.93. The van der Waals surface area contributed by atoms with Crippen LogP contribution in [0, 0.1) is 5.41 Å². The van der Waals surface area contributed by atoms with Crippen LogP contribution in [0.15, 0.2) is 23.1 Å². The molecule has 28 heavy (non-hydrogen) atoms. The summed E-state index contributed by atoms with van der Waals surface area (Å²) in [4.78, 5) is 15.5. The fourth-order valence-electron chi connectivity index (χ4n) is 3.87. The van der Waals surface area contributed by atoms with Gasteiger partial charge in [0.05, 0.1) is 28.1 Å². The molecule has 2 N–H and O–H groups in total. The molecule has 1 fully saturated rings. The zero-order valence-corrected chi connectivity index (χ0v) is 17.4. The van der Waals surface area contributed by atoms with Gasteiger partial charge in [0.2, 0.25) is 0 Å². The number of sulfone groups is 1. The van der Waals surface area contributed by atoms with E-state index in [0.29, 0.717) is 18.5 Å². The lowest BCUT2D eigenvalue weighted by Gasteiger charge is -2.26. The Kier molecular flexibility index (Phi) is 5.31. The fraction of sp³-hybridized carbons (Fsp3) is 0.600. The Hall–Kier alpha value is -1.93. The molecule has 0 radical (unpaired) electrons. The second-order valence-electron chi connectivity index (χ2n) is 9.09. The summed E-state index contributed by atoms with van der Waals surface area (Å²) in [6, 6.07) is 4.54. The van der Waals surface area contributed by atoms with E-state index in [2.05, 4.69) is 25.8 Å². The van der Waals surface area contributed by atoms with E-state index < -0.39 is 27.2 Å². The number of imidazole rings is 1. The number of fused-ring (bicyclic) bond motifs is 1. The number of aromatic nitrogens is 2. The number of carboxylic acids is 1. The molecule has 0 unspecified atom stereocenters. The largest absolute Gasteiger partial charge is 0.480 e. The quantitative estimate of drug-likeness (QED) is 0.761. The smallest absolute Gasteiger partial charge is 0.319 e. The molecule has 1 saturated carbocycles. The van der Waals surface area contributed by atoms with E-state index >= 15 is 0 Å². The van der Waals surface area contributed by atoms with Crippen LogP contribution in [0.1, 0.15) is 52.3 Å². The van der Waals surface area contributed by atoms with Crippen molar-refractivity contribution in [3.63, 3.8) is 0 Å². The first kappa shape index (κ1) is 20.8. The number of aliphatic carboxylic acids is 1. The monoisotopic (exact) mass is 408 g/mol. The van der Waals surface area contributed by atoms with Crippen LogP contribution in [-0.2, 0) is 27.6 Å². The molecule has 2 aromatic rings. The first-order valence-electron chi connectivity index (χ1n) is 9.55. The number of carboxylic acid groups (broad SMARTS) is 1. The first-order valence-corrected chi connectivity index (χ1v) is 11.2. The third-order valence-corrected chi connectivity index (χ3v) is 6.75. The van der Waals surface area contributed by atoms with Crippen LogP contribution >= 0.6 is 0 Å². The van der Waals surface area contributed by atoms with Gasteiger partial charge in [0.15, 0.2) is 15.6 Å². The molecule has 0 bridgehead atoms. The van der Waals surface area contributed by atoms with E-state index in [1.807, 2.05) is 4.57 Å². The van der Waals surface area contributed by atoms with Crippen LogP contribution in [0.2, 0.25) is 0 Å². The maximum atomic E-state index is 12.3. The summed E-state index contributed by atoms with van der Waals surface area (Å²) in [7, 11) is -3.92. The standard InChI is InChI=1S/C20H28N2O5S/c1-19(2,3)11-17-21-15-10-14(28(26,27)12-18(23)24)6-7-16(15)22(17)13-20(25)8-4-5-9-20/h6-7,10,25H,4-5,8-9,11-13H2,1-3H3,(H,23,24). The molecule has 154 valence electrons. The molecule has 1 aliphatic rings. The SMILES string of the molecule is CC(C)(C)Cc1nc2cc(S(=O)(=O)CC(=O)O)ccc2n1CC1(O)CCCC1. The van der Waals surface area contributed by atoms with Crippen molar-refractivity contribution in [1.29, 1.82) is 0 Å². The Labute approximate surface area is 165 Å². The van der Waals surface area contributed by atoms with Gasteiger partial charge in [-0.3, -0.25) is 4.79 Å². The molecular weight excluding hydrogens is 380 g/mol. The summed E-state index contributed by atoms with van der Waals surface area (Å²) >= 11 is 0. The molecule has 7 nitrogen and oxygen atoms in total. The molecule has 1 aliphatic carbocycles. The summed E-state index contributed by atoms with van der Waals surface area (Å²) in [6.07, 6.45) is 4.15. The zero-order chi connectivity index (χ0) is 20.7. The van der Waals surface area contributed by atoms with Crippen molar-refractivity contribution in [2.45, 2.75) is 69.9 Å². The normalized spacial score (nSPS) is 17.3. The lowest BCUT2D eigenvalue weighted by atomic mass is 9.91. The average Bonchev–Trinajstić information content (AvgIpc) is 3.09. The summed E-state index contributed by atoms with van der Waals surface area (Å²) in [6.45, 7) is 6.73. The van der Waals surface area contributed by atoms with Gasteiger partial charge in [0.25, 0.3) is 0 Å². The average molecular weight is 409 g/mol. The van der Waals surface area contributed by atoms with Crippen molar-refractivity contribution in [3.8, 4) is 0 Å². The number of hydrogen-bond acceptors (Lipinski definition) is 5. The molecule has 1 heterocycles. The number of rotatable bonds is 6. The topological polar surface area (TPSA) is 109 Å². The van der Waals surface area contributed by atoms with Gasteiger partial charge >= 0.3 is 5.97 Å². The highest BCUT2D eigenvalue weighted by Gasteiger charge is 2.33. The van der Waals surface area contributed by atoms with E-state index in [9.17, 15) is 18.3 Å². The van der Waals surface area contributed by atoms with Gasteiger partial charge in [0, 0.05) is 6.42 Å². The Morgan fingerprint density at radius 2 is 1.89 bits per heavy atom. The van der Waals surface area contributed by atoms with Crippen molar-refractivity contribution in [1.82, 2.24) is 9.55 Å². The summed E-state index contributed by atoms with van der Waals surface area (Å²) in [5, 5.41) is 19.8. The van der Waals surface area contributed by atoms with E-state index in [1.165, 1.54) is 12.1 Å². The molecule has 3 rings (SSSR count). The van der Waals surface area contributed by atoms with Crippen molar-refractivity contribution >= 4 is 26.8 Å². The van der Waals surface area contributed by atoms with E-state index in [4.69, 9.17) is 5.11 Å². The Morgan fingerprint density at radius 1 is 1.25 bits per heavy atom. The molecule has 0 atom stereocenters. The van der Waals surface area contributed by atoms with Gasteiger partial charge in [-0.2, -0.15) is 0 Å². The van der Waals surface area contributed by atoms with Gasteiger partial charge in [-0.25, -0.2) is 13.4 Å². The number of nitrogens with zero attached hydrogens (tertiary/aromatic N) is 2. The van der Waals surface area contributed by atoms with Crippen molar-refractivity contribution in [2.75, 3.05) is 5.75 Å². The molecule has 1 aromatic carbocycles. The number of aliphatic hydroxyl groups is 1. The van der Waals surface area contributed by atoms with E-state index in [1.54, 1.807) is 6.07 Å². The highest BCUT2D eigenvalue weighted by atomic mass is 32.2. The number of hydrogen-bond donors (Lipinski definition) is 2. The van der Waals surface area contributed by atoms with Crippen LogP contribution in [0.25, 0.3) is 11.0 Å². The van der Waals surface area contributed by atoms with Crippen molar-refractivity contribution < 1.29 is 23.4 Å². The van der Waals surface area contributed by atoms with Crippen molar-refractivity contribution in [3.05, 3.63) is 24.0 Å². The van der Waals surface area contributed by atoms with Crippen molar-refractivity contribution in [2.24, 2.45) is 5.41 Å². The van der Waals surface area contributed by atoms with Gasteiger partial charge in [-0.1, -0.05) is 33.6 Å². The molecule has 0 aliphatic heterocycles. The molecule has 0 spiro atoms. The highest BCUT2D eigenvalue weighted by Crippen LogP contribution is 2.34. The third-order valence-electron chi connectivity index (χ3n) is 5.15. The van der Waals surface area contributed by atoms with Crippen LogP contribution in [0.5, 0.6) is 0 Å². The molecule has 0 amide bonds. The van der Waals surface area contributed by atoms with E-state index in [0.717, 1.165) is 37.0 Å². The predicted molar refractivity (Wildman–Crippen MR) is 106 cm³/mol. The Morgan fingerprint density at radius 3 is 2.46 bits per heavy atom.